The number of nitrogens with two attached hydrogens (primary N) is 2. The summed E-state index contributed by atoms with van der Waals surface area (Å²) in [5, 5.41) is 18.7. The van der Waals surface area contributed by atoms with Gasteiger partial charge < -0.3 is 26.4 Å². The zero-order chi connectivity index (χ0) is 17.0. The highest BCUT2D eigenvalue weighted by Crippen LogP contribution is 2.31. The first kappa shape index (κ1) is 16.5. The van der Waals surface area contributed by atoms with Gasteiger partial charge in [-0.1, -0.05) is 24.3 Å². The number of carboxylic acids is 2. The zero-order valence-corrected chi connectivity index (χ0v) is 12.2. The van der Waals surface area contributed by atoms with Gasteiger partial charge in [-0.2, -0.15) is 0 Å². The van der Waals surface area contributed by atoms with Gasteiger partial charge in [0.25, 0.3) is 0 Å². The molecule has 6 N–H and O–H groups in total. The SMILES string of the molecule is NCc1cccc(Oc2cccc(CN)c2C(=O)O)c1C(=O)O. The topological polar surface area (TPSA) is 136 Å². The van der Waals surface area contributed by atoms with Crippen LogP contribution in [-0.4, -0.2) is 22.2 Å². The maximum Gasteiger partial charge on any atom is 0.339 e. The second-order valence-electron chi connectivity index (χ2n) is 4.70. The maximum atomic E-state index is 11.5. The van der Waals surface area contributed by atoms with E-state index >= 15 is 0 Å². The molecule has 0 fully saturated rings. The normalized spacial score (nSPS) is 10.3. The molecule has 0 aromatic heterocycles. The molecule has 7 nitrogen and oxygen atoms in total. The van der Waals surface area contributed by atoms with Gasteiger partial charge in [-0.15, -0.1) is 0 Å². The highest BCUT2D eigenvalue weighted by atomic mass is 16.5. The number of carboxylic acid groups (broad SMARTS) is 2. The summed E-state index contributed by atoms with van der Waals surface area (Å²) in [6.07, 6.45) is 0. The van der Waals surface area contributed by atoms with Crippen LogP contribution in [0.15, 0.2) is 36.4 Å². The van der Waals surface area contributed by atoms with Gasteiger partial charge in [0, 0.05) is 13.1 Å². The van der Waals surface area contributed by atoms with E-state index in [2.05, 4.69) is 0 Å². The number of hydrogen-bond donors (Lipinski definition) is 4. The minimum Gasteiger partial charge on any atom is -0.478 e. The summed E-state index contributed by atoms with van der Waals surface area (Å²) in [7, 11) is 0. The molecule has 0 saturated carbocycles. The molecule has 0 aliphatic heterocycles. The predicted octanol–water partition coefficient (Wildman–Crippen LogP) is 1.79. The molecular weight excluding hydrogens is 300 g/mol. The second kappa shape index (κ2) is 6.91. The molecule has 0 aliphatic rings. The van der Waals surface area contributed by atoms with E-state index in [9.17, 15) is 19.8 Å². The minimum absolute atomic E-state index is 0.0213. The molecule has 0 atom stereocenters. The lowest BCUT2D eigenvalue weighted by Gasteiger charge is -2.14. The number of benzene rings is 2. The predicted molar refractivity (Wildman–Crippen MR) is 82.7 cm³/mol. The van der Waals surface area contributed by atoms with Gasteiger partial charge in [0.05, 0.1) is 0 Å². The highest BCUT2D eigenvalue weighted by Gasteiger charge is 2.20. The minimum atomic E-state index is -1.20. The largest absolute Gasteiger partial charge is 0.478 e. The summed E-state index contributed by atoms with van der Waals surface area (Å²) >= 11 is 0. The molecule has 0 amide bonds. The molecule has 2 rings (SSSR count). The van der Waals surface area contributed by atoms with Gasteiger partial charge in [0.15, 0.2) is 0 Å². The molecular formula is C16H16N2O5. The van der Waals surface area contributed by atoms with Crippen molar-refractivity contribution in [2.75, 3.05) is 0 Å². The fraction of sp³-hybridized carbons (Fsp3) is 0.125. The van der Waals surface area contributed by atoms with Crippen LogP contribution >= 0.6 is 0 Å². The van der Waals surface area contributed by atoms with E-state index in [1.807, 2.05) is 0 Å². The van der Waals surface area contributed by atoms with E-state index in [4.69, 9.17) is 16.2 Å². The number of hydrogen-bond acceptors (Lipinski definition) is 5. The Hall–Kier alpha value is -2.90. The average molecular weight is 316 g/mol. The molecule has 0 aliphatic carbocycles. The summed E-state index contributed by atoms with van der Waals surface area (Å²) in [5.41, 5.74) is 11.7. The average Bonchev–Trinajstić information content (AvgIpc) is 2.53. The monoisotopic (exact) mass is 316 g/mol. The third-order valence-electron chi connectivity index (χ3n) is 3.31. The van der Waals surface area contributed by atoms with Crippen LogP contribution in [-0.2, 0) is 13.1 Å². The van der Waals surface area contributed by atoms with E-state index in [1.165, 1.54) is 12.1 Å². The quantitative estimate of drug-likeness (QED) is 0.637. The molecule has 2 aromatic rings. The zero-order valence-electron chi connectivity index (χ0n) is 12.2. The third-order valence-corrected chi connectivity index (χ3v) is 3.31. The Morgan fingerprint density at radius 2 is 1.22 bits per heavy atom. The lowest BCUT2D eigenvalue weighted by Crippen LogP contribution is -2.11. The Balaban J connectivity index is 2.57. The van der Waals surface area contributed by atoms with Crippen LogP contribution in [0, 0.1) is 0 Å². The van der Waals surface area contributed by atoms with Gasteiger partial charge in [0.2, 0.25) is 0 Å². The van der Waals surface area contributed by atoms with Crippen molar-refractivity contribution >= 4 is 11.9 Å². The van der Waals surface area contributed by atoms with Crippen molar-refractivity contribution in [3.8, 4) is 11.5 Å². The first-order valence-corrected chi connectivity index (χ1v) is 6.78. The smallest absolute Gasteiger partial charge is 0.339 e. The summed E-state index contributed by atoms with van der Waals surface area (Å²) in [5.74, 6) is -2.35. The number of ether oxygens (including phenoxy) is 1. The van der Waals surface area contributed by atoms with Crippen LogP contribution < -0.4 is 16.2 Å². The Morgan fingerprint density at radius 3 is 1.52 bits per heavy atom. The Bertz CT molecular complexity index is 695. The van der Waals surface area contributed by atoms with Crippen molar-refractivity contribution < 1.29 is 24.5 Å². The van der Waals surface area contributed by atoms with Crippen molar-refractivity contribution in [2.45, 2.75) is 13.1 Å². The van der Waals surface area contributed by atoms with Crippen LogP contribution in [0.5, 0.6) is 11.5 Å². The Kier molecular flexibility index (Phi) is 4.95. The molecule has 23 heavy (non-hydrogen) atoms. The second-order valence-corrected chi connectivity index (χ2v) is 4.70. The summed E-state index contributed by atoms with van der Waals surface area (Å²) in [6.45, 7) is 0.0426. The van der Waals surface area contributed by atoms with Gasteiger partial charge in [-0.25, -0.2) is 9.59 Å². The van der Waals surface area contributed by atoms with E-state index in [0.29, 0.717) is 11.1 Å². The Morgan fingerprint density at radius 1 is 0.826 bits per heavy atom. The first-order valence-electron chi connectivity index (χ1n) is 6.78. The van der Waals surface area contributed by atoms with Crippen LogP contribution in [0.3, 0.4) is 0 Å². The van der Waals surface area contributed by atoms with E-state index in [0.717, 1.165) is 0 Å². The van der Waals surface area contributed by atoms with Gasteiger partial charge in [-0.3, -0.25) is 0 Å². The fourth-order valence-electron chi connectivity index (χ4n) is 2.27. The first-order chi connectivity index (χ1) is 11.0. The van der Waals surface area contributed by atoms with Gasteiger partial charge in [0.1, 0.15) is 22.6 Å². The van der Waals surface area contributed by atoms with E-state index in [-0.39, 0.29) is 35.7 Å². The third kappa shape index (κ3) is 3.31. The van der Waals surface area contributed by atoms with Gasteiger partial charge >= 0.3 is 11.9 Å². The van der Waals surface area contributed by atoms with Crippen molar-refractivity contribution in [1.29, 1.82) is 0 Å². The summed E-state index contributed by atoms with van der Waals surface area (Å²) in [6, 6.07) is 9.23. The van der Waals surface area contributed by atoms with E-state index in [1.54, 1.807) is 24.3 Å². The molecule has 0 saturated heterocycles. The molecule has 7 heteroatoms. The van der Waals surface area contributed by atoms with Crippen LogP contribution in [0.2, 0.25) is 0 Å². The molecule has 0 bridgehead atoms. The van der Waals surface area contributed by atoms with Crippen LogP contribution in [0.4, 0.5) is 0 Å². The fourth-order valence-corrected chi connectivity index (χ4v) is 2.27. The van der Waals surface area contributed by atoms with Crippen molar-refractivity contribution in [1.82, 2.24) is 0 Å². The molecule has 0 unspecified atom stereocenters. The van der Waals surface area contributed by atoms with E-state index < -0.39 is 11.9 Å². The van der Waals surface area contributed by atoms with Crippen molar-refractivity contribution in [3.05, 3.63) is 58.7 Å². The Labute approximate surface area is 132 Å². The highest BCUT2D eigenvalue weighted by molar-refractivity contribution is 5.94. The van der Waals surface area contributed by atoms with Crippen molar-refractivity contribution in [2.24, 2.45) is 11.5 Å². The van der Waals surface area contributed by atoms with Crippen molar-refractivity contribution in [3.63, 3.8) is 0 Å². The number of carbonyl (C=O) groups is 2. The maximum absolute atomic E-state index is 11.5. The number of aromatic carboxylic acids is 2. The van der Waals surface area contributed by atoms with Gasteiger partial charge in [-0.05, 0) is 23.3 Å². The molecule has 0 spiro atoms. The molecule has 120 valence electrons. The standard InChI is InChI=1S/C16H16N2O5/c17-7-9-3-1-5-11(13(9)15(19)20)23-12-6-2-4-10(8-18)14(12)16(21)22/h1-6H,7-8,17-18H2,(H,19,20)(H,21,22). The summed E-state index contributed by atoms with van der Waals surface area (Å²) < 4.78 is 5.58. The van der Waals surface area contributed by atoms with Crippen LogP contribution in [0.25, 0.3) is 0 Å². The molecule has 0 heterocycles. The molecule has 0 radical (unpaired) electrons. The molecule has 2 aromatic carbocycles. The lowest BCUT2D eigenvalue weighted by molar-refractivity contribution is 0.0686. The number of rotatable bonds is 6. The van der Waals surface area contributed by atoms with Crippen LogP contribution in [0.1, 0.15) is 31.8 Å². The summed E-state index contributed by atoms with van der Waals surface area (Å²) in [4.78, 5) is 22.9. The lowest BCUT2D eigenvalue weighted by atomic mass is 10.1.